The summed E-state index contributed by atoms with van der Waals surface area (Å²) >= 11 is 9.42. The second kappa shape index (κ2) is 5.86. The zero-order valence-electron chi connectivity index (χ0n) is 10.9. The molecule has 3 aromatic rings. The summed E-state index contributed by atoms with van der Waals surface area (Å²) in [5.74, 6) is 0.502. The number of hydrogen-bond acceptors (Lipinski definition) is 5. The van der Waals surface area contributed by atoms with Crippen LogP contribution in [0.15, 0.2) is 51.5 Å². The topological polar surface area (TPSA) is 82.1 Å². The van der Waals surface area contributed by atoms with Crippen LogP contribution in [0.2, 0.25) is 5.02 Å². The van der Waals surface area contributed by atoms with Gasteiger partial charge in [-0.15, -0.1) is 0 Å². The van der Waals surface area contributed by atoms with Crippen LogP contribution < -0.4 is 0 Å². The summed E-state index contributed by atoms with van der Waals surface area (Å²) in [6.45, 7) is 0. The molecule has 6 nitrogen and oxygen atoms in total. The third kappa shape index (κ3) is 2.86. The number of hydrogen-bond donors (Lipinski definition) is 0. The predicted molar refractivity (Wildman–Crippen MR) is 84.5 cm³/mol. The Hall–Kier alpha value is -2.25. The van der Waals surface area contributed by atoms with Gasteiger partial charge in [0.25, 0.3) is 11.6 Å². The van der Waals surface area contributed by atoms with E-state index < -0.39 is 4.92 Å². The molecule has 22 heavy (non-hydrogen) atoms. The summed E-state index contributed by atoms with van der Waals surface area (Å²) in [5.41, 5.74) is 0.983. The smallest absolute Gasteiger partial charge is 0.270 e. The zero-order chi connectivity index (χ0) is 15.7. The first-order valence-corrected chi connectivity index (χ1v) is 7.25. The Kier molecular flexibility index (Phi) is 3.91. The van der Waals surface area contributed by atoms with Crippen LogP contribution in [0.25, 0.3) is 22.8 Å². The molecule has 0 fully saturated rings. The maximum absolute atomic E-state index is 10.9. The van der Waals surface area contributed by atoms with Crippen LogP contribution in [0.5, 0.6) is 0 Å². The number of rotatable bonds is 3. The Morgan fingerprint density at radius 2 is 2.05 bits per heavy atom. The molecule has 110 valence electrons. The molecular formula is C14H7BrClN3O3. The molecule has 0 bridgehead atoms. The molecule has 8 heteroatoms. The molecule has 3 rings (SSSR count). The van der Waals surface area contributed by atoms with Gasteiger partial charge in [0.05, 0.1) is 15.5 Å². The highest BCUT2D eigenvalue weighted by Crippen LogP contribution is 2.31. The second-order valence-corrected chi connectivity index (χ2v) is 5.68. The van der Waals surface area contributed by atoms with Gasteiger partial charge in [-0.05, 0) is 18.2 Å². The highest BCUT2D eigenvalue weighted by atomic mass is 79.9. The van der Waals surface area contributed by atoms with Crippen molar-refractivity contribution in [3.8, 4) is 22.8 Å². The molecule has 0 spiro atoms. The summed E-state index contributed by atoms with van der Waals surface area (Å²) in [6.07, 6.45) is 0. The first-order valence-electron chi connectivity index (χ1n) is 6.08. The van der Waals surface area contributed by atoms with Crippen LogP contribution in [-0.2, 0) is 0 Å². The normalized spacial score (nSPS) is 10.6. The molecule has 1 aromatic heterocycles. The van der Waals surface area contributed by atoms with Crippen molar-refractivity contribution in [2.45, 2.75) is 0 Å². The van der Waals surface area contributed by atoms with Crippen LogP contribution in [-0.4, -0.2) is 15.1 Å². The number of non-ortho nitro benzene ring substituents is 1. The van der Waals surface area contributed by atoms with Crippen molar-refractivity contribution in [2.24, 2.45) is 0 Å². The van der Waals surface area contributed by atoms with E-state index in [2.05, 4.69) is 26.1 Å². The van der Waals surface area contributed by atoms with Gasteiger partial charge in [0.1, 0.15) is 0 Å². The largest absolute Gasteiger partial charge is 0.334 e. The predicted octanol–water partition coefficient (Wildman–Crippen LogP) is 4.73. The van der Waals surface area contributed by atoms with Gasteiger partial charge in [-0.2, -0.15) is 4.98 Å². The van der Waals surface area contributed by atoms with E-state index in [1.807, 2.05) is 24.3 Å². The molecule has 0 aliphatic rings. The van der Waals surface area contributed by atoms with Gasteiger partial charge in [0.15, 0.2) is 0 Å². The summed E-state index contributed by atoms with van der Waals surface area (Å²) in [4.78, 5) is 14.6. The first kappa shape index (κ1) is 14.7. The molecule has 1 heterocycles. The first-order chi connectivity index (χ1) is 10.5. The summed E-state index contributed by atoms with van der Waals surface area (Å²) in [6, 6.07) is 11.4. The van der Waals surface area contributed by atoms with E-state index in [1.54, 1.807) is 0 Å². The highest BCUT2D eigenvalue weighted by Gasteiger charge is 2.17. The summed E-state index contributed by atoms with van der Waals surface area (Å²) < 4.78 is 6.06. The van der Waals surface area contributed by atoms with E-state index in [9.17, 15) is 10.1 Å². The second-order valence-electron chi connectivity index (χ2n) is 4.35. The van der Waals surface area contributed by atoms with Crippen molar-refractivity contribution in [3.63, 3.8) is 0 Å². The van der Waals surface area contributed by atoms with Gasteiger partial charge in [0, 0.05) is 22.2 Å². The molecular weight excluding hydrogens is 374 g/mol. The van der Waals surface area contributed by atoms with Crippen molar-refractivity contribution >= 4 is 33.2 Å². The Bertz CT molecular complexity index is 866. The van der Waals surface area contributed by atoms with E-state index in [-0.39, 0.29) is 11.6 Å². The molecule has 0 atom stereocenters. The zero-order valence-corrected chi connectivity index (χ0v) is 13.2. The monoisotopic (exact) mass is 379 g/mol. The molecule has 0 aliphatic heterocycles. The van der Waals surface area contributed by atoms with Gasteiger partial charge >= 0.3 is 0 Å². The van der Waals surface area contributed by atoms with E-state index in [0.717, 1.165) is 10.0 Å². The lowest BCUT2D eigenvalue weighted by atomic mass is 10.2. The molecule has 0 saturated heterocycles. The quantitative estimate of drug-likeness (QED) is 0.484. The molecule has 0 saturated carbocycles. The number of benzene rings is 2. The molecule has 2 aromatic carbocycles. The standard InChI is InChI=1S/C14H7BrClN3O3/c15-9-3-1-2-8(6-9)13-17-14(22-18-13)11-7-10(19(20)21)4-5-12(11)16/h1-7H. The van der Waals surface area contributed by atoms with E-state index in [1.165, 1.54) is 18.2 Å². The molecule has 0 radical (unpaired) electrons. The number of aromatic nitrogens is 2. The lowest BCUT2D eigenvalue weighted by Gasteiger charge is -1.98. The minimum absolute atomic E-state index is 0.0957. The van der Waals surface area contributed by atoms with Crippen LogP contribution in [0.1, 0.15) is 0 Å². The van der Waals surface area contributed by atoms with Crippen LogP contribution in [0.3, 0.4) is 0 Å². The van der Waals surface area contributed by atoms with Gasteiger partial charge in [0.2, 0.25) is 5.82 Å². The summed E-state index contributed by atoms with van der Waals surface area (Å²) in [7, 11) is 0. The maximum atomic E-state index is 10.9. The van der Waals surface area contributed by atoms with Crippen molar-refractivity contribution in [1.82, 2.24) is 10.1 Å². The van der Waals surface area contributed by atoms with Crippen molar-refractivity contribution in [3.05, 3.63) is 62.1 Å². The van der Waals surface area contributed by atoms with Crippen LogP contribution in [0.4, 0.5) is 5.69 Å². The minimum Gasteiger partial charge on any atom is -0.334 e. The van der Waals surface area contributed by atoms with E-state index in [4.69, 9.17) is 16.1 Å². The fourth-order valence-corrected chi connectivity index (χ4v) is 2.47. The van der Waals surface area contributed by atoms with Crippen molar-refractivity contribution in [2.75, 3.05) is 0 Å². The Labute approximate surface area is 138 Å². The van der Waals surface area contributed by atoms with E-state index in [0.29, 0.717) is 16.4 Å². The van der Waals surface area contributed by atoms with E-state index >= 15 is 0 Å². The maximum Gasteiger partial charge on any atom is 0.270 e. The Morgan fingerprint density at radius 1 is 1.23 bits per heavy atom. The highest BCUT2D eigenvalue weighted by molar-refractivity contribution is 9.10. The lowest BCUT2D eigenvalue weighted by Crippen LogP contribution is -1.89. The molecule has 0 N–H and O–H groups in total. The minimum atomic E-state index is -0.509. The summed E-state index contributed by atoms with van der Waals surface area (Å²) in [5, 5.41) is 15.0. The number of halogens is 2. The lowest BCUT2D eigenvalue weighted by molar-refractivity contribution is -0.384. The fourth-order valence-electron chi connectivity index (χ4n) is 1.87. The molecule has 0 unspecified atom stereocenters. The van der Waals surface area contributed by atoms with Gasteiger partial charge in [-0.1, -0.05) is 44.8 Å². The number of nitro groups is 1. The third-order valence-corrected chi connectivity index (χ3v) is 3.72. The fraction of sp³-hybridized carbons (Fsp3) is 0. The van der Waals surface area contributed by atoms with Gasteiger partial charge in [-0.3, -0.25) is 10.1 Å². The average Bonchev–Trinajstić information content (AvgIpc) is 2.97. The number of nitro benzene ring substituents is 1. The Balaban J connectivity index is 2.04. The van der Waals surface area contributed by atoms with Crippen LogP contribution >= 0.6 is 27.5 Å². The molecule has 0 aliphatic carbocycles. The van der Waals surface area contributed by atoms with Gasteiger partial charge < -0.3 is 4.52 Å². The number of nitrogens with zero attached hydrogens (tertiary/aromatic N) is 3. The average molecular weight is 381 g/mol. The van der Waals surface area contributed by atoms with Crippen molar-refractivity contribution < 1.29 is 9.45 Å². The van der Waals surface area contributed by atoms with Crippen molar-refractivity contribution in [1.29, 1.82) is 0 Å². The van der Waals surface area contributed by atoms with Crippen LogP contribution in [0, 0.1) is 10.1 Å². The molecule has 0 amide bonds. The Morgan fingerprint density at radius 3 is 2.77 bits per heavy atom. The van der Waals surface area contributed by atoms with Gasteiger partial charge in [-0.25, -0.2) is 0 Å². The third-order valence-electron chi connectivity index (χ3n) is 2.90. The SMILES string of the molecule is O=[N+]([O-])c1ccc(Cl)c(-c2nc(-c3cccc(Br)c3)no2)c1.